The minimum atomic E-state index is -3.53. The molecule has 7 heteroatoms. The summed E-state index contributed by atoms with van der Waals surface area (Å²) in [6, 6.07) is 13.6. The van der Waals surface area contributed by atoms with Gasteiger partial charge in [0.2, 0.25) is 10.0 Å². The molecule has 1 aliphatic rings. The molecule has 0 spiro atoms. The number of sulfonamides is 1. The summed E-state index contributed by atoms with van der Waals surface area (Å²) in [5.41, 5.74) is 1.84. The Hall–Kier alpha value is -2.22. The average Bonchev–Trinajstić information content (AvgIpc) is 2.69. The number of ether oxygens (including phenoxy) is 1. The molecule has 6 nitrogen and oxygen atoms in total. The molecule has 1 heterocycles. The molecule has 0 aliphatic carbocycles. The van der Waals surface area contributed by atoms with Crippen LogP contribution >= 0.6 is 0 Å². The second-order valence-electron chi connectivity index (χ2n) is 6.58. The van der Waals surface area contributed by atoms with Gasteiger partial charge in [-0.15, -0.1) is 0 Å². The standard InChI is InChI=1S/C20H24N2O4S/c1-26-15-16-7-5-8-17(13-16)20(23)21-18-9-6-10-19(14-18)27(24,25)22-11-3-2-4-12-22/h5-10,13-14H,2-4,11-12,15H2,1H3,(H,21,23). The molecule has 2 aromatic rings. The molecule has 0 unspecified atom stereocenters. The van der Waals surface area contributed by atoms with Crippen LogP contribution in [0.25, 0.3) is 0 Å². The second kappa shape index (κ2) is 8.65. The average molecular weight is 388 g/mol. The first kappa shape index (κ1) is 19.5. The van der Waals surface area contributed by atoms with Gasteiger partial charge in [-0.05, 0) is 48.7 Å². The summed E-state index contributed by atoms with van der Waals surface area (Å²) >= 11 is 0. The Morgan fingerprint density at radius 3 is 2.56 bits per heavy atom. The van der Waals surface area contributed by atoms with Gasteiger partial charge in [0.1, 0.15) is 0 Å². The molecule has 27 heavy (non-hydrogen) atoms. The Kier molecular flexibility index (Phi) is 6.26. The van der Waals surface area contributed by atoms with E-state index in [1.54, 1.807) is 43.5 Å². The van der Waals surface area contributed by atoms with Gasteiger partial charge in [-0.2, -0.15) is 4.31 Å². The number of carbonyl (C=O) groups is 1. The summed E-state index contributed by atoms with van der Waals surface area (Å²) in [6.07, 6.45) is 2.82. The number of nitrogens with one attached hydrogen (secondary N) is 1. The summed E-state index contributed by atoms with van der Waals surface area (Å²) in [5, 5.41) is 2.78. The Bertz CT molecular complexity index is 906. The number of methoxy groups -OCH3 is 1. The van der Waals surface area contributed by atoms with Crippen LogP contribution in [-0.4, -0.2) is 38.8 Å². The van der Waals surface area contributed by atoms with E-state index in [1.807, 2.05) is 6.07 Å². The predicted molar refractivity (Wildman–Crippen MR) is 104 cm³/mol. The van der Waals surface area contributed by atoms with Gasteiger partial charge in [0.25, 0.3) is 5.91 Å². The molecule has 1 saturated heterocycles. The summed E-state index contributed by atoms with van der Waals surface area (Å²) in [6.45, 7) is 1.51. The highest BCUT2D eigenvalue weighted by molar-refractivity contribution is 7.89. The van der Waals surface area contributed by atoms with Crippen molar-refractivity contribution in [2.24, 2.45) is 0 Å². The summed E-state index contributed by atoms with van der Waals surface area (Å²) in [4.78, 5) is 12.7. The lowest BCUT2D eigenvalue weighted by molar-refractivity contribution is 0.102. The molecule has 0 bridgehead atoms. The molecule has 0 aromatic heterocycles. The van der Waals surface area contributed by atoms with Crippen LogP contribution in [0.5, 0.6) is 0 Å². The number of piperidine rings is 1. The SMILES string of the molecule is COCc1cccc(C(=O)Nc2cccc(S(=O)(=O)N3CCCCC3)c2)c1. The lowest BCUT2D eigenvalue weighted by Crippen LogP contribution is -2.35. The molecule has 0 radical (unpaired) electrons. The van der Waals surface area contributed by atoms with Gasteiger partial charge in [0.05, 0.1) is 11.5 Å². The number of benzene rings is 2. The normalized spacial score (nSPS) is 15.4. The Morgan fingerprint density at radius 2 is 1.81 bits per heavy atom. The molecule has 1 N–H and O–H groups in total. The maximum Gasteiger partial charge on any atom is 0.255 e. The van der Waals surface area contributed by atoms with Crippen LogP contribution < -0.4 is 5.32 Å². The lowest BCUT2D eigenvalue weighted by Gasteiger charge is -2.26. The van der Waals surface area contributed by atoms with Gasteiger partial charge in [-0.25, -0.2) is 8.42 Å². The molecule has 144 valence electrons. The van der Waals surface area contributed by atoms with Crippen LogP contribution in [0.15, 0.2) is 53.4 Å². The molecule has 3 rings (SSSR count). The zero-order valence-corrected chi connectivity index (χ0v) is 16.2. The topological polar surface area (TPSA) is 75.7 Å². The van der Waals surface area contributed by atoms with E-state index in [-0.39, 0.29) is 10.8 Å². The van der Waals surface area contributed by atoms with Crippen molar-refractivity contribution in [2.45, 2.75) is 30.8 Å². The molecule has 1 aliphatic heterocycles. The van der Waals surface area contributed by atoms with E-state index in [9.17, 15) is 13.2 Å². The smallest absolute Gasteiger partial charge is 0.255 e. The van der Waals surface area contributed by atoms with Gasteiger partial charge < -0.3 is 10.1 Å². The van der Waals surface area contributed by atoms with E-state index in [4.69, 9.17) is 4.74 Å². The number of rotatable bonds is 6. The fourth-order valence-corrected chi connectivity index (χ4v) is 4.72. The summed E-state index contributed by atoms with van der Waals surface area (Å²) in [7, 11) is -1.94. The third kappa shape index (κ3) is 4.74. The number of amides is 1. The quantitative estimate of drug-likeness (QED) is 0.824. The van der Waals surface area contributed by atoms with Crippen LogP contribution in [0.2, 0.25) is 0 Å². The van der Waals surface area contributed by atoms with E-state index < -0.39 is 10.0 Å². The number of anilines is 1. The first-order valence-electron chi connectivity index (χ1n) is 9.00. The highest BCUT2D eigenvalue weighted by Gasteiger charge is 2.26. The lowest BCUT2D eigenvalue weighted by atomic mass is 10.1. The van der Waals surface area contributed by atoms with Crippen LogP contribution in [-0.2, 0) is 21.4 Å². The third-order valence-corrected chi connectivity index (χ3v) is 6.44. The van der Waals surface area contributed by atoms with Crippen LogP contribution in [0.3, 0.4) is 0 Å². The molecule has 2 aromatic carbocycles. The fourth-order valence-electron chi connectivity index (χ4n) is 3.16. The van der Waals surface area contributed by atoms with Crippen molar-refractivity contribution in [1.29, 1.82) is 0 Å². The fraction of sp³-hybridized carbons (Fsp3) is 0.350. The highest BCUT2D eigenvalue weighted by Crippen LogP contribution is 2.23. The minimum absolute atomic E-state index is 0.204. The van der Waals surface area contributed by atoms with Gasteiger partial charge in [-0.3, -0.25) is 4.79 Å². The minimum Gasteiger partial charge on any atom is -0.380 e. The van der Waals surface area contributed by atoms with Crippen molar-refractivity contribution in [2.75, 3.05) is 25.5 Å². The van der Waals surface area contributed by atoms with Crippen molar-refractivity contribution in [1.82, 2.24) is 4.31 Å². The van der Waals surface area contributed by atoms with Crippen molar-refractivity contribution in [3.8, 4) is 0 Å². The van der Waals surface area contributed by atoms with E-state index >= 15 is 0 Å². The number of hydrogen-bond acceptors (Lipinski definition) is 4. The van der Waals surface area contributed by atoms with Crippen LogP contribution in [0, 0.1) is 0 Å². The Labute approximate surface area is 160 Å². The molecular formula is C20H24N2O4S. The maximum absolute atomic E-state index is 12.8. The van der Waals surface area contributed by atoms with E-state index in [0.29, 0.717) is 30.9 Å². The van der Waals surface area contributed by atoms with Crippen molar-refractivity contribution in [3.05, 3.63) is 59.7 Å². The Morgan fingerprint density at radius 1 is 1.07 bits per heavy atom. The number of carbonyl (C=O) groups excluding carboxylic acids is 1. The van der Waals surface area contributed by atoms with Gasteiger partial charge >= 0.3 is 0 Å². The third-order valence-electron chi connectivity index (χ3n) is 4.54. The first-order chi connectivity index (χ1) is 13.0. The van der Waals surface area contributed by atoms with Gasteiger partial charge in [0, 0.05) is 31.5 Å². The Balaban J connectivity index is 1.77. The van der Waals surface area contributed by atoms with E-state index in [0.717, 1.165) is 24.8 Å². The molecule has 0 atom stereocenters. The van der Waals surface area contributed by atoms with Gasteiger partial charge in [0.15, 0.2) is 0 Å². The van der Waals surface area contributed by atoms with Crippen molar-refractivity contribution in [3.63, 3.8) is 0 Å². The van der Waals surface area contributed by atoms with Crippen LogP contribution in [0.1, 0.15) is 35.2 Å². The molecule has 1 amide bonds. The highest BCUT2D eigenvalue weighted by atomic mass is 32.2. The van der Waals surface area contributed by atoms with Crippen molar-refractivity contribution < 1.29 is 17.9 Å². The zero-order valence-electron chi connectivity index (χ0n) is 15.3. The molecular weight excluding hydrogens is 364 g/mol. The summed E-state index contributed by atoms with van der Waals surface area (Å²) < 4.78 is 32.2. The predicted octanol–water partition coefficient (Wildman–Crippen LogP) is 3.26. The summed E-state index contributed by atoms with van der Waals surface area (Å²) in [5.74, 6) is -0.291. The largest absolute Gasteiger partial charge is 0.380 e. The van der Waals surface area contributed by atoms with E-state index in [2.05, 4.69) is 5.32 Å². The first-order valence-corrected chi connectivity index (χ1v) is 10.4. The number of hydrogen-bond donors (Lipinski definition) is 1. The monoisotopic (exact) mass is 388 g/mol. The second-order valence-corrected chi connectivity index (χ2v) is 8.52. The number of nitrogens with zero attached hydrogens (tertiary/aromatic N) is 1. The maximum atomic E-state index is 12.8. The van der Waals surface area contributed by atoms with Crippen LogP contribution in [0.4, 0.5) is 5.69 Å². The molecule has 1 fully saturated rings. The van der Waals surface area contributed by atoms with Crippen molar-refractivity contribution >= 4 is 21.6 Å². The molecule has 0 saturated carbocycles. The van der Waals surface area contributed by atoms with E-state index in [1.165, 1.54) is 10.4 Å². The zero-order chi connectivity index (χ0) is 19.3. The van der Waals surface area contributed by atoms with Gasteiger partial charge in [-0.1, -0.05) is 24.6 Å².